The minimum absolute atomic E-state index is 0.00722. The summed E-state index contributed by atoms with van der Waals surface area (Å²) >= 11 is 6.76. The number of phenolic OH excluding ortho intramolecular Hbond substituents is 1. The molecule has 1 amide bonds. The Morgan fingerprint density at radius 2 is 2.00 bits per heavy atom. The van der Waals surface area contributed by atoms with Crippen LogP contribution >= 0.6 is 31.9 Å². The molecule has 0 spiro atoms. The van der Waals surface area contributed by atoms with E-state index < -0.39 is 0 Å². The average molecular weight is 363 g/mol. The van der Waals surface area contributed by atoms with Crippen LogP contribution in [0.1, 0.15) is 23.2 Å². The van der Waals surface area contributed by atoms with Gasteiger partial charge in [-0.05, 0) is 47.0 Å². The molecule has 17 heavy (non-hydrogen) atoms. The molecule has 0 aromatic heterocycles. The highest BCUT2D eigenvalue weighted by Crippen LogP contribution is 2.26. The predicted octanol–water partition coefficient (Wildman–Crippen LogP) is 3.15. The minimum atomic E-state index is -0.00722. The molecule has 0 aliphatic carbocycles. The van der Waals surface area contributed by atoms with Crippen LogP contribution in [0.5, 0.6) is 5.75 Å². The molecule has 2 rings (SSSR count). The molecule has 1 saturated heterocycles. The number of likely N-dealkylation sites (tertiary alicyclic amines) is 1. The van der Waals surface area contributed by atoms with E-state index in [-0.39, 0.29) is 11.7 Å². The molecule has 1 aromatic rings. The van der Waals surface area contributed by atoms with Gasteiger partial charge in [-0.2, -0.15) is 0 Å². The van der Waals surface area contributed by atoms with Crippen LogP contribution in [-0.2, 0) is 0 Å². The number of amides is 1. The van der Waals surface area contributed by atoms with Crippen LogP contribution in [0.25, 0.3) is 0 Å². The number of phenols is 1. The molecule has 0 unspecified atom stereocenters. The number of aromatic hydroxyl groups is 1. The second-order valence-corrected chi connectivity index (χ2v) is 6.28. The Labute approximate surface area is 117 Å². The summed E-state index contributed by atoms with van der Waals surface area (Å²) in [5.41, 5.74) is 0.540. The van der Waals surface area contributed by atoms with Gasteiger partial charge in [-0.25, -0.2) is 0 Å². The average Bonchev–Trinajstić information content (AvgIpc) is 2.33. The van der Waals surface area contributed by atoms with Crippen LogP contribution in [0, 0.1) is 0 Å². The maximum absolute atomic E-state index is 12.2. The van der Waals surface area contributed by atoms with E-state index in [1.165, 1.54) is 6.07 Å². The van der Waals surface area contributed by atoms with Crippen molar-refractivity contribution in [2.45, 2.75) is 17.7 Å². The monoisotopic (exact) mass is 361 g/mol. The van der Waals surface area contributed by atoms with Gasteiger partial charge in [-0.3, -0.25) is 4.79 Å². The fourth-order valence-corrected chi connectivity index (χ4v) is 2.54. The number of benzene rings is 1. The molecular formula is C12H13Br2NO2. The van der Waals surface area contributed by atoms with Crippen molar-refractivity contribution in [2.24, 2.45) is 0 Å². The number of alkyl halides is 1. The van der Waals surface area contributed by atoms with E-state index >= 15 is 0 Å². The largest absolute Gasteiger partial charge is 0.507 e. The molecule has 1 N–H and O–H groups in total. The van der Waals surface area contributed by atoms with Crippen molar-refractivity contribution in [3.63, 3.8) is 0 Å². The van der Waals surface area contributed by atoms with E-state index in [1.54, 1.807) is 12.1 Å². The summed E-state index contributed by atoms with van der Waals surface area (Å²) in [6, 6.07) is 4.93. The fourth-order valence-electron chi connectivity index (χ4n) is 1.88. The zero-order chi connectivity index (χ0) is 12.4. The zero-order valence-corrected chi connectivity index (χ0v) is 12.4. The quantitative estimate of drug-likeness (QED) is 0.779. The van der Waals surface area contributed by atoms with Gasteiger partial charge in [-0.1, -0.05) is 15.9 Å². The molecule has 1 heterocycles. The molecule has 0 saturated carbocycles. The summed E-state index contributed by atoms with van der Waals surface area (Å²) in [5, 5.41) is 9.56. The predicted molar refractivity (Wildman–Crippen MR) is 73.7 cm³/mol. The van der Waals surface area contributed by atoms with Crippen LogP contribution in [0.15, 0.2) is 22.7 Å². The Hall–Kier alpha value is -0.550. The van der Waals surface area contributed by atoms with E-state index in [2.05, 4.69) is 31.9 Å². The molecular weight excluding hydrogens is 350 g/mol. The third kappa shape index (κ3) is 3.01. The molecule has 3 nitrogen and oxygen atoms in total. The van der Waals surface area contributed by atoms with Crippen molar-refractivity contribution in [3.8, 4) is 5.75 Å². The number of rotatable bonds is 1. The molecule has 0 atom stereocenters. The Bertz CT molecular complexity index is 429. The van der Waals surface area contributed by atoms with E-state index in [4.69, 9.17) is 0 Å². The first-order valence-corrected chi connectivity index (χ1v) is 7.20. The summed E-state index contributed by atoms with van der Waals surface area (Å²) in [6.45, 7) is 1.54. The smallest absolute Gasteiger partial charge is 0.253 e. The first-order valence-electron chi connectivity index (χ1n) is 5.50. The second-order valence-electron chi connectivity index (χ2n) is 4.13. The molecule has 92 valence electrons. The lowest BCUT2D eigenvalue weighted by atomic mass is 10.1. The SMILES string of the molecule is O=C(c1ccc(Br)c(O)c1)N1CCC(Br)CC1. The van der Waals surface area contributed by atoms with Crippen molar-refractivity contribution in [3.05, 3.63) is 28.2 Å². The topological polar surface area (TPSA) is 40.5 Å². The van der Waals surface area contributed by atoms with Crippen LogP contribution < -0.4 is 0 Å². The second kappa shape index (κ2) is 5.40. The van der Waals surface area contributed by atoms with Crippen molar-refractivity contribution >= 4 is 37.8 Å². The fraction of sp³-hybridized carbons (Fsp3) is 0.417. The Morgan fingerprint density at radius 1 is 1.35 bits per heavy atom. The maximum atomic E-state index is 12.2. The third-order valence-electron chi connectivity index (χ3n) is 2.90. The van der Waals surface area contributed by atoms with Crippen molar-refractivity contribution in [1.82, 2.24) is 4.90 Å². The van der Waals surface area contributed by atoms with Gasteiger partial charge in [0.1, 0.15) is 5.75 Å². The van der Waals surface area contributed by atoms with Gasteiger partial charge >= 0.3 is 0 Å². The van der Waals surface area contributed by atoms with Gasteiger partial charge < -0.3 is 10.0 Å². The van der Waals surface area contributed by atoms with Gasteiger partial charge in [0.25, 0.3) is 5.91 Å². The molecule has 5 heteroatoms. The molecule has 1 fully saturated rings. The Balaban J connectivity index is 2.11. The number of carbonyl (C=O) groups excluding carboxylic acids is 1. The van der Waals surface area contributed by atoms with Gasteiger partial charge in [0.05, 0.1) is 4.47 Å². The number of piperidine rings is 1. The third-order valence-corrected chi connectivity index (χ3v) is 4.49. The Kier molecular flexibility index (Phi) is 4.09. The number of hydrogen-bond acceptors (Lipinski definition) is 2. The highest BCUT2D eigenvalue weighted by Gasteiger charge is 2.22. The van der Waals surface area contributed by atoms with Crippen LogP contribution in [-0.4, -0.2) is 33.8 Å². The van der Waals surface area contributed by atoms with Crippen molar-refractivity contribution in [1.29, 1.82) is 0 Å². The molecule has 1 aliphatic rings. The molecule has 1 aromatic carbocycles. The summed E-state index contributed by atoms with van der Waals surface area (Å²) in [7, 11) is 0. The summed E-state index contributed by atoms with van der Waals surface area (Å²) < 4.78 is 0.605. The minimum Gasteiger partial charge on any atom is -0.507 e. The normalized spacial score (nSPS) is 17.2. The van der Waals surface area contributed by atoms with Crippen LogP contribution in [0.4, 0.5) is 0 Å². The first-order chi connectivity index (χ1) is 8.08. The number of hydrogen-bond donors (Lipinski definition) is 1. The maximum Gasteiger partial charge on any atom is 0.253 e. The first kappa shape index (κ1) is 12.9. The van der Waals surface area contributed by atoms with Gasteiger partial charge in [0.2, 0.25) is 0 Å². The van der Waals surface area contributed by atoms with E-state index in [1.807, 2.05) is 4.90 Å². The lowest BCUT2D eigenvalue weighted by molar-refractivity contribution is 0.0728. The van der Waals surface area contributed by atoms with Gasteiger partial charge in [0, 0.05) is 23.5 Å². The van der Waals surface area contributed by atoms with E-state index in [0.29, 0.717) is 14.9 Å². The molecule has 1 aliphatic heterocycles. The van der Waals surface area contributed by atoms with E-state index in [0.717, 1.165) is 25.9 Å². The summed E-state index contributed by atoms with van der Waals surface area (Å²) in [6.07, 6.45) is 1.96. The highest BCUT2D eigenvalue weighted by atomic mass is 79.9. The number of carbonyl (C=O) groups is 1. The van der Waals surface area contributed by atoms with E-state index in [9.17, 15) is 9.90 Å². The Morgan fingerprint density at radius 3 is 2.59 bits per heavy atom. The lowest BCUT2D eigenvalue weighted by Crippen LogP contribution is -2.38. The lowest BCUT2D eigenvalue weighted by Gasteiger charge is -2.29. The molecule has 0 radical (unpaired) electrons. The standard InChI is InChI=1S/C12H13Br2NO2/c13-9-3-5-15(6-4-9)12(17)8-1-2-10(14)11(16)7-8/h1-2,7,9,16H,3-6H2. The highest BCUT2D eigenvalue weighted by molar-refractivity contribution is 9.10. The summed E-state index contributed by atoms with van der Waals surface area (Å²) in [4.78, 5) is 14.5. The van der Waals surface area contributed by atoms with Crippen LogP contribution in [0.3, 0.4) is 0 Å². The molecule has 0 bridgehead atoms. The van der Waals surface area contributed by atoms with Crippen molar-refractivity contribution < 1.29 is 9.90 Å². The summed E-state index contributed by atoms with van der Waals surface area (Å²) in [5.74, 6) is 0.0958. The number of nitrogens with zero attached hydrogens (tertiary/aromatic N) is 1. The zero-order valence-electron chi connectivity index (χ0n) is 9.20. The van der Waals surface area contributed by atoms with Gasteiger partial charge in [0.15, 0.2) is 0 Å². The van der Waals surface area contributed by atoms with Crippen molar-refractivity contribution in [2.75, 3.05) is 13.1 Å². The van der Waals surface area contributed by atoms with Gasteiger partial charge in [-0.15, -0.1) is 0 Å². The van der Waals surface area contributed by atoms with Crippen LogP contribution in [0.2, 0.25) is 0 Å². The number of halogens is 2.